The molecule has 72 valence electrons. The Morgan fingerprint density at radius 2 is 2.07 bits per heavy atom. The fraction of sp³-hybridized carbons (Fsp3) is 0.182. The second-order valence-electron chi connectivity index (χ2n) is 3.26. The molecular formula is C11H9Cl2N. The van der Waals surface area contributed by atoms with Gasteiger partial charge in [-0.05, 0) is 25.5 Å². The van der Waals surface area contributed by atoms with E-state index >= 15 is 0 Å². The fourth-order valence-corrected chi connectivity index (χ4v) is 1.96. The predicted molar refractivity (Wildman–Crippen MR) is 60.8 cm³/mol. The van der Waals surface area contributed by atoms with Crippen LogP contribution in [0.1, 0.15) is 13.3 Å². The van der Waals surface area contributed by atoms with Gasteiger partial charge in [-0.15, -0.1) is 0 Å². The zero-order valence-electron chi connectivity index (χ0n) is 7.72. The van der Waals surface area contributed by atoms with Crippen LogP contribution in [0.5, 0.6) is 0 Å². The third-order valence-corrected chi connectivity index (χ3v) is 2.64. The van der Waals surface area contributed by atoms with Crippen LogP contribution in [0.15, 0.2) is 17.7 Å². The lowest BCUT2D eigenvalue weighted by molar-refractivity contribution is 1.21. The summed E-state index contributed by atoms with van der Waals surface area (Å²) in [6.45, 7) is 2.05. The molecule has 14 heavy (non-hydrogen) atoms. The molecule has 1 aromatic rings. The van der Waals surface area contributed by atoms with Crippen LogP contribution in [0.4, 0.5) is 0 Å². The van der Waals surface area contributed by atoms with Gasteiger partial charge >= 0.3 is 0 Å². The molecule has 0 radical (unpaired) electrons. The Hall–Kier alpha value is -0.790. The number of halogens is 2. The third-order valence-electron chi connectivity index (χ3n) is 2.13. The molecule has 1 aliphatic rings. The first-order valence-electron chi connectivity index (χ1n) is 4.37. The van der Waals surface area contributed by atoms with E-state index in [1.165, 1.54) is 5.57 Å². The smallest absolute Gasteiger partial charge is 0.131 e. The van der Waals surface area contributed by atoms with E-state index in [4.69, 9.17) is 23.2 Å². The summed E-state index contributed by atoms with van der Waals surface area (Å²) in [7, 11) is 0. The van der Waals surface area contributed by atoms with Crippen LogP contribution in [0.2, 0.25) is 10.2 Å². The SMILES string of the molecule is CC1=CCC=c2nc(Cl)cc(Cl)c2=C1. The molecule has 1 nitrogen and oxygen atoms in total. The lowest BCUT2D eigenvalue weighted by Crippen LogP contribution is -2.28. The van der Waals surface area contributed by atoms with Gasteiger partial charge in [-0.2, -0.15) is 0 Å². The Morgan fingerprint density at radius 3 is 2.86 bits per heavy atom. The molecule has 0 spiro atoms. The first-order valence-corrected chi connectivity index (χ1v) is 5.13. The molecule has 3 heteroatoms. The van der Waals surface area contributed by atoms with Gasteiger partial charge in [-0.1, -0.05) is 40.9 Å². The number of aromatic nitrogens is 1. The minimum Gasteiger partial charge on any atom is -0.236 e. The van der Waals surface area contributed by atoms with Crippen molar-refractivity contribution >= 4 is 35.4 Å². The molecular weight excluding hydrogens is 217 g/mol. The average Bonchev–Trinajstić information content (AvgIpc) is 2.27. The van der Waals surface area contributed by atoms with Crippen molar-refractivity contribution in [1.29, 1.82) is 0 Å². The molecule has 0 bridgehead atoms. The lowest BCUT2D eigenvalue weighted by atomic mass is 10.2. The molecule has 0 aromatic carbocycles. The minimum absolute atomic E-state index is 0.443. The number of fused-ring (bicyclic) bond motifs is 1. The fourth-order valence-electron chi connectivity index (χ4n) is 1.45. The van der Waals surface area contributed by atoms with E-state index in [1.54, 1.807) is 6.07 Å². The molecule has 0 N–H and O–H groups in total. The van der Waals surface area contributed by atoms with Gasteiger partial charge in [-0.25, -0.2) is 4.98 Å². The first kappa shape index (κ1) is 9.75. The molecule has 1 aromatic heterocycles. The van der Waals surface area contributed by atoms with Crippen LogP contribution >= 0.6 is 23.2 Å². The van der Waals surface area contributed by atoms with Crippen LogP contribution in [-0.2, 0) is 0 Å². The molecule has 0 unspecified atom stereocenters. The van der Waals surface area contributed by atoms with E-state index in [-0.39, 0.29) is 0 Å². The van der Waals surface area contributed by atoms with E-state index < -0.39 is 0 Å². The Bertz CT molecular complexity index is 515. The number of hydrogen-bond acceptors (Lipinski definition) is 1. The topological polar surface area (TPSA) is 12.9 Å². The van der Waals surface area contributed by atoms with Crippen molar-refractivity contribution in [3.8, 4) is 0 Å². The highest BCUT2D eigenvalue weighted by molar-refractivity contribution is 6.33. The van der Waals surface area contributed by atoms with Gasteiger partial charge < -0.3 is 0 Å². The van der Waals surface area contributed by atoms with Crippen molar-refractivity contribution in [3.05, 3.63) is 38.5 Å². The van der Waals surface area contributed by atoms with Crippen LogP contribution < -0.4 is 10.6 Å². The van der Waals surface area contributed by atoms with E-state index in [0.29, 0.717) is 10.2 Å². The maximum absolute atomic E-state index is 6.08. The Labute approximate surface area is 92.4 Å². The van der Waals surface area contributed by atoms with E-state index in [1.807, 2.05) is 19.1 Å². The van der Waals surface area contributed by atoms with Crippen molar-refractivity contribution < 1.29 is 0 Å². The Balaban J connectivity index is 2.84. The molecule has 0 saturated heterocycles. The molecule has 0 fully saturated rings. The van der Waals surface area contributed by atoms with Gasteiger partial charge in [0.2, 0.25) is 0 Å². The summed E-state index contributed by atoms with van der Waals surface area (Å²) in [5.74, 6) is 0. The van der Waals surface area contributed by atoms with Crippen LogP contribution in [0.25, 0.3) is 12.2 Å². The number of nitrogens with zero attached hydrogens (tertiary/aromatic N) is 1. The highest BCUT2D eigenvalue weighted by atomic mass is 35.5. The summed E-state index contributed by atoms with van der Waals surface area (Å²) in [5.41, 5.74) is 1.20. The van der Waals surface area contributed by atoms with Gasteiger partial charge in [0.1, 0.15) is 5.15 Å². The monoisotopic (exact) mass is 225 g/mol. The number of pyridine rings is 1. The molecule has 0 atom stereocenters. The van der Waals surface area contributed by atoms with Crippen LogP contribution in [0.3, 0.4) is 0 Å². The van der Waals surface area contributed by atoms with Crippen molar-refractivity contribution in [2.75, 3.05) is 0 Å². The summed E-state index contributed by atoms with van der Waals surface area (Å²) in [4.78, 5) is 4.23. The largest absolute Gasteiger partial charge is 0.236 e. The lowest BCUT2D eigenvalue weighted by Gasteiger charge is -1.95. The zero-order valence-corrected chi connectivity index (χ0v) is 9.23. The maximum atomic E-state index is 6.08. The molecule has 1 aliphatic carbocycles. The van der Waals surface area contributed by atoms with Crippen molar-refractivity contribution in [3.63, 3.8) is 0 Å². The summed E-state index contributed by atoms with van der Waals surface area (Å²) < 4.78 is 0. The summed E-state index contributed by atoms with van der Waals surface area (Å²) in [6.07, 6.45) is 7.06. The first-order chi connectivity index (χ1) is 6.66. The normalized spacial score (nSPS) is 14.6. The molecule has 0 amide bonds. The highest BCUT2D eigenvalue weighted by Crippen LogP contribution is 2.08. The molecule has 2 rings (SSSR count). The van der Waals surface area contributed by atoms with Crippen LogP contribution in [-0.4, -0.2) is 4.98 Å². The van der Waals surface area contributed by atoms with Gasteiger partial charge in [0.05, 0.1) is 10.4 Å². The van der Waals surface area contributed by atoms with Crippen molar-refractivity contribution in [1.82, 2.24) is 4.98 Å². The van der Waals surface area contributed by atoms with Crippen molar-refractivity contribution in [2.45, 2.75) is 13.3 Å². The minimum atomic E-state index is 0.443. The standard InChI is InChI=1S/C11H9Cl2N/c1-7-3-2-4-10-8(5-7)9(12)6-11(13)14-10/h3-6H,2H2,1H3. The quantitative estimate of drug-likeness (QED) is 0.618. The van der Waals surface area contributed by atoms with Gasteiger partial charge in [0.15, 0.2) is 0 Å². The average molecular weight is 226 g/mol. The Morgan fingerprint density at radius 1 is 1.29 bits per heavy atom. The number of hydrogen-bond donors (Lipinski definition) is 0. The third kappa shape index (κ3) is 1.84. The van der Waals surface area contributed by atoms with E-state index in [9.17, 15) is 0 Å². The molecule has 0 aliphatic heterocycles. The number of allylic oxidation sites excluding steroid dienone is 2. The maximum Gasteiger partial charge on any atom is 0.131 e. The highest BCUT2D eigenvalue weighted by Gasteiger charge is 2.00. The van der Waals surface area contributed by atoms with E-state index in [0.717, 1.165) is 17.0 Å². The van der Waals surface area contributed by atoms with Gasteiger partial charge in [0.25, 0.3) is 0 Å². The Kier molecular flexibility index (Phi) is 2.62. The van der Waals surface area contributed by atoms with Crippen LogP contribution in [0, 0.1) is 0 Å². The zero-order chi connectivity index (χ0) is 10.1. The number of rotatable bonds is 0. The summed E-state index contributed by atoms with van der Waals surface area (Å²) in [5, 5.41) is 2.93. The van der Waals surface area contributed by atoms with Gasteiger partial charge in [0, 0.05) is 5.22 Å². The summed E-state index contributed by atoms with van der Waals surface area (Å²) in [6, 6.07) is 1.67. The molecule has 0 saturated carbocycles. The second kappa shape index (κ2) is 3.76. The van der Waals surface area contributed by atoms with Crippen molar-refractivity contribution in [2.24, 2.45) is 0 Å². The second-order valence-corrected chi connectivity index (χ2v) is 4.05. The predicted octanol–water partition coefficient (Wildman–Crippen LogP) is 2.30. The van der Waals surface area contributed by atoms with Gasteiger partial charge in [-0.3, -0.25) is 0 Å². The molecule has 1 heterocycles. The van der Waals surface area contributed by atoms with E-state index in [2.05, 4.69) is 11.1 Å². The summed E-state index contributed by atoms with van der Waals surface area (Å²) >= 11 is 11.9.